The highest BCUT2D eigenvalue weighted by atomic mass is 32.2. The predicted octanol–water partition coefficient (Wildman–Crippen LogP) is 4.62. The zero-order valence-electron chi connectivity index (χ0n) is 14.6. The molecular weight excluding hydrogens is 413 g/mol. The van der Waals surface area contributed by atoms with Crippen molar-refractivity contribution in [1.82, 2.24) is 4.98 Å². The van der Waals surface area contributed by atoms with Crippen molar-refractivity contribution >= 4 is 43.4 Å². The number of hydrogen-bond donors (Lipinski definition) is 1. The molecule has 28 heavy (non-hydrogen) atoms. The first kappa shape index (κ1) is 20.3. The number of carbonyl (C=O) groups excluding carboxylic acids is 1. The number of anilines is 1. The van der Waals surface area contributed by atoms with E-state index in [0.717, 1.165) is 11.3 Å². The Morgan fingerprint density at radius 2 is 2.00 bits per heavy atom. The average Bonchev–Trinajstić information content (AvgIpc) is 3.06. The van der Waals surface area contributed by atoms with Gasteiger partial charge in [0.15, 0.2) is 11.7 Å². The molecule has 10 heteroatoms. The van der Waals surface area contributed by atoms with E-state index in [1.54, 1.807) is 31.2 Å². The van der Waals surface area contributed by atoms with Crippen molar-refractivity contribution in [3.63, 3.8) is 0 Å². The third-order valence-corrected chi connectivity index (χ3v) is 5.93. The lowest BCUT2D eigenvalue weighted by atomic mass is 10.2. The highest BCUT2D eigenvalue weighted by Crippen LogP contribution is 2.30. The van der Waals surface area contributed by atoms with Gasteiger partial charge in [-0.25, -0.2) is 4.98 Å². The number of nitrogens with one attached hydrogen (secondary N) is 1. The molecule has 3 rings (SSSR count). The Labute approximate surface area is 165 Å². The van der Waals surface area contributed by atoms with E-state index in [2.05, 4.69) is 10.3 Å². The van der Waals surface area contributed by atoms with Crippen LogP contribution < -0.4 is 10.1 Å². The summed E-state index contributed by atoms with van der Waals surface area (Å²) < 4.78 is 54.2. The fourth-order valence-electron chi connectivity index (χ4n) is 2.39. The van der Waals surface area contributed by atoms with Crippen LogP contribution in [-0.4, -0.2) is 33.6 Å². The summed E-state index contributed by atoms with van der Waals surface area (Å²) in [4.78, 5) is 17.3. The molecule has 1 heterocycles. The summed E-state index contributed by atoms with van der Waals surface area (Å²) in [5, 5.41) is 2.94. The number of amides is 1. The van der Waals surface area contributed by atoms with Crippen LogP contribution in [0.3, 0.4) is 0 Å². The molecule has 1 unspecified atom stereocenters. The number of aromatic nitrogens is 1. The molecule has 148 valence electrons. The number of carbonyl (C=O) groups is 1. The molecule has 2 aromatic carbocycles. The summed E-state index contributed by atoms with van der Waals surface area (Å²) in [6.07, 6.45) is -4.42. The molecule has 3 aromatic rings. The van der Waals surface area contributed by atoms with Gasteiger partial charge in [0.25, 0.3) is 5.91 Å². The highest BCUT2D eigenvalue weighted by Gasteiger charge is 2.28. The molecule has 1 N–H and O–H groups in total. The Bertz CT molecular complexity index is 1030. The standard InChI is InChI=1S/C18H15F3N2O3S2/c1-2-28(25)15-6-4-3-5-12(15)16(24)23-17-22-13-8-7-11(9-14(13)27-17)26-10-18(19,20)21/h3-9H,2,10H2,1H3,(H,22,23,24). The number of rotatable bonds is 6. The minimum absolute atomic E-state index is 0.0649. The Morgan fingerprint density at radius 3 is 2.71 bits per heavy atom. The van der Waals surface area contributed by atoms with E-state index in [1.807, 2.05) is 0 Å². The smallest absolute Gasteiger partial charge is 0.422 e. The quantitative estimate of drug-likeness (QED) is 0.622. The van der Waals surface area contributed by atoms with Gasteiger partial charge in [-0.3, -0.25) is 14.3 Å². The van der Waals surface area contributed by atoms with Crippen LogP contribution in [0.1, 0.15) is 17.3 Å². The third kappa shape index (κ3) is 4.87. The zero-order chi connectivity index (χ0) is 20.3. The Hall–Kier alpha value is -2.46. The second-order valence-corrected chi connectivity index (χ2v) is 8.38. The van der Waals surface area contributed by atoms with Crippen molar-refractivity contribution in [2.45, 2.75) is 18.0 Å². The summed E-state index contributed by atoms with van der Waals surface area (Å²) in [6, 6.07) is 10.9. The lowest BCUT2D eigenvalue weighted by molar-refractivity contribution is -0.153. The Kier molecular flexibility index (Phi) is 5.99. The second-order valence-electron chi connectivity index (χ2n) is 5.64. The van der Waals surface area contributed by atoms with Crippen molar-refractivity contribution in [3.8, 4) is 5.75 Å². The normalized spacial score (nSPS) is 12.7. The molecule has 1 amide bonds. The fourth-order valence-corrected chi connectivity index (χ4v) is 4.22. The van der Waals surface area contributed by atoms with Gasteiger partial charge < -0.3 is 4.74 Å². The molecule has 1 atom stereocenters. The third-order valence-electron chi connectivity index (χ3n) is 3.62. The minimum atomic E-state index is -4.42. The summed E-state index contributed by atoms with van der Waals surface area (Å²) >= 11 is 1.11. The van der Waals surface area contributed by atoms with Gasteiger partial charge in [0, 0.05) is 5.75 Å². The monoisotopic (exact) mass is 428 g/mol. The fraction of sp³-hybridized carbons (Fsp3) is 0.222. The Morgan fingerprint density at radius 1 is 1.25 bits per heavy atom. The van der Waals surface area contributed by atoms with Crippen molar-refractivity contribution < 1.29 is 26.9 Å². The van der Waals surface area contributed by atoms with Crippen LogP contribution in [0.25, 0.3) is 10.2 Å². The van der Waals surface area contributed by atoms with Gasteiger partial charge in [-0.05, 0) is 30.3 Å². The van der Waals surface area contributed by atoms with Crippen molar-refractivity contribution in [2.75, 3.05) is 17.7 Å². The topological polar surface area (TPSA) is 68.3 Å². The van der Waals surface area contributed by atoms with Crippen LogP contribution in [-0.2, 0) is 10.8 Å². The van der Waals surface area contributed by atoms with Gasteiger partial charge >= 0.3 is 6.18 Å². The molecular formula is C18H15F3N2O3S2. The molecule has 0 spiro atoms. The summed E-state index contributed by atoms with van der Waals surface area (Å²) in [5.41, 5.74) is 0.807. The number of ether oxygens (including phenoxy) is 1. The van der Waals surface area contributed by atoms with E-state index in [-0.39, 0.29) is 16.4 Å². The SMILES string of the molecule is CCS(=O)c1ccccc1C(=O)Nc1nc2ccc(OCC(F)(F)F)cc2s1. The van der Waals surface area contributed by atoms with Crippen LogP contribution in [0.15, 0.2) is 47.4 Å². The molecule has 0 bridgehead atoms. The van der Waals surface area contributed by atoms with Gasteiger partial charge in [-0.15, -0.1) is 0 Å². The molecule has 1 aromatic heterocycles. The molecule has 0 saturated heterocycles. The van der Waals surface area contributed by atoms with Crippen LogP contribution in [0.4, 0.5) is 18.3 Å². The lowest BCUT2D eigenvalue weighted by Gasteiger charge is -2.08. The first-order valence-corrected chi connectivity index (χ1v) is 10.3. The first-order valence-electron chi connectivity index (χ1n) is 8.15. The maximum Gasteiger partial charge on any atom is 0.422 e. The van der Waals surface area contributed by atoms with Crippen LogP contribution in [0.5, 0.6) is 5.75 Å². The molecule has 0 radical (unpaired) electrons. The predicted molar refractivity (Wildman–Crippen MR) is 103 cm³/mol. The van der Waals surface area contributed by atoms with E-state index in [1.165, 1.54) is 18.2 Å². The number of thiazole rings is 1. The number of alkyl halides is 3. The van der Waals surface area contributed by atoms with Gasteiger partial charge in [0.1, 0.15) is 5.75 Å². The molecule has 0 aliphatic carbocycles. The number of halogens is 3. The minimum Gasteiger partial charge on any atom is -0.484 e. The maximum absolute atomic E-state index is 12.6. The van der Waals surface area contributed by atoms with Gasteiger partial charge in [0.05, 0.1) is 31.5 Å². The molecule has 0 aliphatic rings. The number of benzene rings is 2. The van der Waals surface area contributed by atoms with E-state index in [9.17, 15) is 22.2 Å². The molecule has 0 fully saturated rings. The highest BCUT2D eigenvalue weighted by molar-refractivity contribution is 7.85. The van der Waals surface area contributed by atoms with E-state index in [0.29, 0.717) is 20.9 Å². The van der Waals surface area contributed by atoms with Gasteiger partial charge in [0.2, 0.25) is 0 Å². The summed E-state index contributed by atoms with van der Waals surface area (Å²) in [5.74, 6) is -0.00777. The van der Waals surface area contributed by atoms with Crippen molar-refractivity contribution in [1.29, 1.82) is 0 Å². The summed E-state index contributed by atoms with van der Waals surface area (Å²) in [6.45, 7) is 0.378. The van der Waals surface area contributed by atoms with Gasteiger partial charge in [-0.1, -0.05) is 30.4 Å². The van der Waals surface area contributed by atoms with E-state index >= 15 is 0 Å². The van der Waals surface area contributed by atoms with Crippen molar-refractivity contribution in [3.05, 3.63) is 48.0 Å². The number of nitrogens with zero attached hydrogens (tertiary/aromatic N) is 1. The Balaban J connectivity index is 1.80. The maximum atomic E-state index is 12.6. The van der Waals surface area contributed by atoms with Crippen LogP contribution >= 0.6 is 11.3 Å². The van der Waals surface area contributed by atoms with Crippen molar-refractivity contribution in [2.24, 2.45) is 0 Å². The second kappa shape index (κ2) is 8.27. The first-order chi connectivity index (χ1) is 13.3. The molecule has 5 nitrogen and oxygen atoms in total. The summed E-state index contributed by atoms with van der Waals surface area (Å²) in [7, 11) is -1.29. The average molecular weight is 428 g/mol. The zero-order valence-corrected chi connectivity index (χ0v) is 16.2. The lowest BCUT2D eigenvalue weighted by Crippen LogP contribution is -2.19. The number of hydrogen-bond acceptors (Lipinski definition) is 5. The van der Waals surface area contributed by atoms with Crippen LogP contribution in [0, 0.1) is 0 Å². The largest absolute Gasteiger partial charge is 0.484 e. The van der Waals surface area contributed by atoms with E-state index < -0.39 is 29.5 Å². The van der Waals surface area contributed by atoms with Crippen LogP contribution in [0.2, 0.25) is 0 Å². The molecule has 0 aliphatic heterocycles. The number of fused-ring (bicyclic) bond motifs is 1. The van der Waals surface area contributed by atoms with Gasteiger partial charge in [-0.2, -0.15) is 13.2 Å². The molecule has 0 saturated carbocycles. The van der Waals surface area contributed by atoms with E-state index in [4.69, 9.17) is 4.74 Å².